The Morgan fingerprint density at radius 2 is 2.00 bits per heavy atom. The number of halogens is 2. The van der Waals surface area contributed by atoms with Crippen molar-refractivity contribution in [3.8, 4) is 0 Å². The van der Waals surface area contributed by atoms with Gasteiger partial charge in [0.05, 0.1) is 0 Å². The lowest BCUT2D eigenvalue weighted by Crippen LogP contribution is -2.02. The zero-order valence-corrected chi connectivity index (χ0v) is 10.2. The first-order valence-corrected chi connectivity index (χ1v) is 6.39. The molecular formula is C12H17F2NS. The molecule has 0 heterocycles. The Hall–Kier alpha value is -0.770. The van der Waals surface area contributed by atoms with E-state index in [1.165, 1.54) is 0 Å². The summed E-state index contributed by atoms with van der Waals surface area (Å²) in [7, 11) is 0. The van der Waals surface area contributed by atoms with E-state index >= 15 is 0 Å². The molecule has 16 heavy (non-hydrogen) atoms. The van der Waals surface area contributed by atoms with Crippen LogP contribution in [0.4, 0.5) is 14.5 Å². The molecule has 0 fully saturated rings. The monoisotopic (exact) mass is 245 g/mol. The van der Waals surface area contributed by atoms with E-state index in [4.69, 9.17) is 0 Å². The Kier molecular flexibility index (Phi) is 6.23. The van der Waals surface area contributed by atoms with E-state index in [9.17, 15) is 8.78 Å². The van der Waals surface area contributed by atoms with Gasteiger partial charge >= 0.3 is 0 Å². The second-order valence-corrected chi connectivity index (χ2v) is 4.54. The highest BCUT2D eigenvalue weighted by Gasteiger charge is 2.08. The normalized spacial score (nSPS) is 10.8. The fourth-order valence-corrected chi connectivity index (χ4v) is 2.03. The van der Waals surface area contributed by atoms with Crippen molar-refractivity contribution in [3.05, 3.63) is 24.3 Å². The first kappa shape index (κ1) is 13.3. The van der Waals surface area contributed by atoms with Crippen molar-refractivity contribution in [2.45, 2.75) is 36.8 Å². The van der Waals surface area contributed by atoms with Crippen LogP contribution in [0.2, 0.25) is 0 Å². The van der Waals surface area contributed by atoms with Gasteiger partial charge in [0.15, 0.2) is 0 Å². The lowest BCUT2D eigenvalue weighted by atomic mass is 10.2. The lowest BCUT2D eigenvalue weighted by molar-refractivity contribution is 0.252. The molecule has 4 heteroatoms. The fourth-order valence-electron chi connectivity index (χ4n) is 1.41. The zero-order valence-electron chi connectivity index (χ0n) is 9.38. The molecule has 90 valence electrons. The number of hydrogen-bond acceptors (Lipinski definition) is 2. The number of para-hydroxylation sites is 1. The van der Waals surface area contributed by atoms with Gasteiger partial charge in [0, 0.05) is 17.1 Å². The van der Waals surface area contributed by atoms with Crippen LogP contribution in [-0.4, -0.2) is 12.3 Å². The Bertz CT molecular complexity index is 305. The average molecular weight is 245 g/mol. The molecule has 1 nitrogen and oxygen atoms in total. The Balaban J connectivity index is 2.50. The summed E-state index contributed by atoms with van der Waals surface area (Å²) in [5.74, 6) is -2.36. The van der Waals surface area contributed by atoms with Crippen LogP contribution >= 0.6 is 11.8 Å². The Labute approximate surface area is 99.6 Å². The van der Waals surface area contributed by atoms with Crippen LogP contribution in [0.5, 0.6) is 0 Å². The van der Waals surface area contributed by atoms with E-state index in [-0.39, 0.29) is 0 Å². The first-order valence-electron chi connectivity index (χ1n) is 5.51. The van der Waals surface area contributed by atoms with Crippen molar-refractivity contribution in [2.24, 2.45) is 0 Å². The summed E-state index contributed by atoms with van der Waals surface area (Å²) in [6, 6.07) is 7.20. The van der Waals surface area contributed by atoms with Crippen molar-refractivity contribution >= 4 is 17.4 Å². The van der Waals surface area contributed by atoms with Gasteiger partial charge in [0.1, 0.15) is 0 Å². The maximum atomic E-state index is 12.3. The highest BCUT2D eigenvalue weighted by Crippen LogP contribution is 2.31. The minimum atomic E-state index is -2.36. The van der Waals surface area contributed by atoms with Crippen molar-refractivity contribution < 1.29 is 8.78 Å². The summed E-state index contributed by atoms with van der Waals surface area (Å²) >= 11 is 0.593. The second kappa shape index (κ2) is 7.49. The minimum absolute atomic E-state index is 0.593. The van der Waals surface area contributed by atoms with E-state index < -0.39 is 5.76 Å². The number of alkyl halides is 2. The van der Waals surface area contributed by atoms with Crippen LogP contribution in [0.1, 0.15) is 26.2 Å². The van der Waals surface area contributed by atoms with Crippen LogP contribution in [0.3, 0.4) is 0 Å². The first-order chi connectivity index (χ1) is 7.74. The summed E-state index contributed by atoms with van der Waals surface area (Å²) in [5, 5.41) is 3.20. The molecule has 1 N–H and O–H groups in total. The summed E-state index contributed by atoms with van der Waals surface area (Å²) in [5.41, 5.74) is 0.809. The summed E-state index contributed by atoms with van der Waals surface area (Å²) in [4.78, 5) is 0.619. The van der Waals surface area contributed by atoms with Crippen molar-refractivity contribution in [1.82, 2.24) is 0 Å². The molecule has 0 radical (unpaired) electrons. The number of nitrogens with one attached hydrogen (secondary N) is 1. The van der Waals surface area contributed by atoms with Gasteiger partial charge in [-0.25, -0.2) is 0 Å². The van der Waals surface area contributed by atoms with E-state index in [0.29, 0.717) is 16.7 Å². The molecule has 0 aliphatic carbocycles. The maximum Gasteiger partial charge on any atom is 0.288 e. The third kappa shape index (κ3) is 4.84. The topological polar surface area (TPSA) is 12.0 Å². The van der Waals surface area contributed by atoms with Gasteiger partial charge in [-0.1, -0.05) is 43.7 Å². The second-order valence-electron chi connectivity index (χ2n) is 3.51. The van der Waals surface area contributed by atoms with Gasteiger partial charge in [-0.3, -0.25) is 0 Å². The summed E-state index contributed by atoms with van der Waals surface area (Å²) < 4.78 is 24.6. The van der Waals surface area contributed by atoms with E-state index in [1.54, 1.807) is 12.1 Å². The molecular weight excluding hydrogens is 228 g/mol. The van der Waals surface area contributed by atoms with Gasteiger partial charge in [-0.15, -0.1) is 0 Å². The third-order valence-electron chi connectivity index (χ3n) is 2.20. The predicted molar refractivity (Wildman–Crippen MR) is 66.3 cm³/mol. The molecule has 0 saturated carbocycles. The van der Waals surface area contributed by atoms with Crippen molar-refractivity contribution in [1.29, 1.82) is 0 Å². The minimum Gasteiger partial charge on any atom is -0.384 e. The standard InChI is InChI=1S/C12H17F2NS/c1-2-3-6-9-15-10-7-4-5-8-11(10)16-12(13)14/h4-5,7-8,12,15H,2-3,6,9H2,1H3. The molecule has 0 unspecified atom stereocenters. The number of anilines is 1. The van der Waals surface area contributed by atoms with Gasteiger partial charge in [-0.2, -0.15) is 8.78 Å². The van der Waals surface area contributed by atoms with Crippen LogP contribution in [0, 0.1) is 0 Å². The molecule has 0 aromatic heterocycles. The largest absolute Gasteiger partial charge is 0.384 e. The molecule has 0 atom stereocenters. The summed E-state index contributed by atoms with van der Waals surface area (Å²) in [6.07, 6.45) is 3.40. The highest BCUT2D eigenvalue weighted by molar-refractivity contribution is 7.99. The number of rotatable bonds is 7. The van der Waals surface area contributed by atoms with Gasteiger partial charge in [0.25, 0.3) is 5.76 Å². The maximum absolute atomic E-state index is 12.3. The van der Waals surface area contributed by atoms with Crippen molar-refractivity contribution in [3.63, 3.8) is 0 Å². The Morgan fingerprint density at radius 3 is 2.69 bits per heavy atom. The van der Waals surface area contributed by atoms with E-state index in [0.717, 1.165) is 31.5 Å². The number of benzene rings is 1. The van der Waals surface area contributed by atoms with Gasteiger partial charge in [0.2, 0.25) is 0 Å². The SMILES string of the molecule is CCCCCNc1ccccc1SC(F)F. The Morgan fingerprint density at radius 1 is 1.25 bits per heavy atom. The molecule has 0 saturated heterocycles. The van der Waals surface area contributed by atoms with Gasteiger partial charge < -0.3 is 5.32 Å². The number of hydrogen-bond donors (Lipinski definition) is 1. The van der Waals surface area contributed by atoms with E-state index in [2.05, 4.69) is 12.2 Å². The molecule has 0 bridgehead atoms. The average Bonchev–Trinajstić information content (AvgIpc) is 2.26. The molecule has 0 spiro atoms. The van der Waals surface area contributed by atoms with Crippen LogP contribution < -0.4 is 5.32 Å². The van der Waals surface area contributed by atoms with Crippen molar-refractivity contribution in [2.75, 3.05) is 11.9 Å². The third-order valence-corrected chi connectivity index (χ3v) is 2.99. The van der Waals surface area contributed by atoms with Crippen LogP contribution in [0.15, 0.2) is 29.2 Å². The molecule has 0 aliphatic heterocycles. The summed E-state index contributed by atoms with van der Waals surface area (Å²) in [6.45, 7) is 2.98. The van der Waals surface area contributed by atoms with Gasteiger partial charge in [-0.05, 0) is 18.6 Å². The zero-order chi connectivity index (χ0) is 11.8. The van der Waals surface area contributed by atoms with Crippen LogP contribution in [0.25, 0.3) is 0 Å². The highest BCUT2D eigenvalue weighted by atomic mass is 32.2. The molecule has 0 aliphatic rings. The predicted octanol–water partition coefficient (Wildman–Crippen LogP) is 4.60. The number of unbranched alkanes of at least 4 members (excludes halogenated alkanes) is 2. The smallest absolute Gasteiger partial charge is 0.288 e. The van der Waals surface area contributed by atoms with Crippen LogP contribution in [-0.2, 0) is 0 Å². The van der Waals surface area contributed by atoms with E-state index in [1.807, 2.05) is 12.1 Å². The molecule has 0 amide bonds. The fraction of sp³-hybridized carbons (Fsp3) is 0.500. The quantitative estimate of drug-likeness (QED) is 0.556. The molecule has 1 aromatic carbocycles. The lowest BCUT2D eigenvalue weighted by Gasteiger charge is -2.10. The number of thioether (sulfide) groups is 1. The molecule has 1 rings (SSSR count). The molecule has 1 aromatic rings.